The molecule has 0 atom stereocenters. The highest BCUT2D eigenvalue weighted by molar-refractivity contribution is 6.32. The molecule has 3 aromatic rings. The lowest BCUT2D eigenvalue weighted by molar-refractivity contribution is 0.122. The van der Waals surface area contributed by atoms with Crippen LogP contribution >= 0.6 is 11.6 Å². The topological polar surface area (TPSA) is 85.5 Å². The van der Waals surface area contributed by atoms with Gasteiger partial charge in [0.25, 0.3) is 0 Å². The number of morpholine rings is 1. The van der Waals surface area contributed by atoms with Crippen LogP contribution in [0, 0.1) is 6.92 Å². The molecule has 7 nitrogen and oxygen atoms in total. The molecule has 1 aliphatic heterocycles. The molecule has 0 saturated carbocycles. The van der Waals surface area contributed by atoms with Crippen molar-refractivity contribution >= 4 is 34.7 Å². The van der Waals surface area contributed by atoms with Crippen molar-refractivity contribution < 1.29 is 9.47 Å². The highest BCUT2D eigenvalue weighted by Gasteiger charge is 2.14. The summed E-state index contributed by atoms with van der Waals surface area (Å²) in [7, 11) is 1.58. The molecule has 1 saturated heterocycles. The summed E-state index contributed by atoms with van der Waals surface area (Å²) in [5.41, 5.74) is 10.6. The van der Waals surface area contributed by atoms with Gasteiger partial charge in [0.2, 0.25) is 5.95 Å². The Morgan fingerprint density at radius 1 is 1.10 bits per heavy atom. The van der Waals surface area contributed by atoms with Gasteiger partial charge in [0, 0.05) is 35.6 Å². The highest BCUT2D eigenvalue weighted by Crippen LogP contribution is 2.33. The predicted molar refractivity (Wildman–Crippen MR) is 121 cm³/mol. The van der Waals surface area contributed by atoms with Gasteiger partial charge in [-0.2, -0.15) is 4.98 Å². The van der Waals surface area contributed by atoms with E-state index in [0.717, 1.165) is 48.8 Å². The van der Waals surface area contributed by atoms with Crippen LogP contribution in [-0.4, -0.2) is 43.4 Å². The van der Waals surface area contributed by atoms with Crippen molar-refractivity contribution in [1.82, 2.24) is 9.97 Å². The molecule has 0 radical (unpaired) electrons. The molecule has 4 rings (SSSR count). The van der Waals surface area contributed by atoms with Crippen LogP contribution in [0.5, 0.6) is 5.75 Å². The third-order valence-corrected chi connectivity index (χ3v) is 5.42. The molecule has 3 N–H and O–H groups in total. The number of aromatic nitrogens is 2. The second-order valence-electron chi connectivity index (χ2n) is 7.03. The van der Waals surface area contributed by atoms with Crippen LogP contribution in [0.15, 0.2) is 42.5 Å². The Morgan fingerprint density at radius 3 is 2.53 bits per heavy atom. The van der Waals surface area contributed by atoms with Crippen LogP contribution in [0.2, 0.25) is 5.02 Å². The van der Waals surface area contributed by atoms with Gasteiger partial charge in [-0.25, -0.2) is 4.98 Å². The van der Waals surface area contributed by atoms with E-state index in [-0.39, 0.29) is 0 Å². The molecule has 30 heavy (non-hydrogen) atoms. The van der Waals surface area contributed by atoms with E-state index in [0.29, 0.717) is 22.5 Å². The predicted octanol–water partition coefficient (Wildman–Crippen LogP) is 4.28. The van der Waals surface area contributed by atoms with Crippen molar-refractivity contribution in [2.45, 2.75) is 6.92 Å². The van der Waals surface area contributed by atoms with Crippen molar-refractivity contribution in [2.75, 3.05) is 49.4 Å². The lowest BCUT2D eigenvalue weighted by atomic mass is 10.1. The lowest BCUT2D eigenvalue weighted by Crippen LogP contribution is -2.36. The van der Waals surface area contributed by atoms with Crippen LogP contribution < -0.4 is 20.7 Å². The van der Waals surface area contributed by atoms with Gasteiger partial charge in [0.1, 0.15) is 11.6 Å². The SMILES string of the molecule is COc1cc(-c2nc(Nc3ccc(N4CCOCC4)cc3)nc(N)c2C)ccc1Cl. The Bertz CT molecular complexity index is 1040. The Morgan fingerprint density at radius 2 is 1.83 bits per heavy atom. The molecule has 0 unspecified atom stereocenters. The van der Waals surface area contributed by atoms with Gasteiger partial charge in [-0.1, -0.05) is 17.7 Å². The smallest absolute Gasteiger partial charge is 0.229 e. The van der Waals surface area contributed by atoms with Gasteiger partial charge in [0.05, 0.1) is 31.0 Å². The van der Waals surface area contributed by atoms with Gasteiger partial charge in [0.15, 0.2) is 0 Å². The van der Waals surface area contributed by atoms with E-state index in [9.17, 15) is 0 Å². The summed E-state index contributed by atoms with van der Waals surface area (Å²) >= 11 is 6.16. The average molecular weight is 426 g/mol. The lowest BCUT2D eigenvalue weighted by Gasteiger charge is -2.28. The molecule has 1 fully saturated rings. The normalized spacial score (nSPS) is 13.9. The van der Waals surface area contributed by atoms with E-state index in [1.54, 1.807) is 13.2 Å². The number of methoxy groups -OCH3 is 1. The zero-order chi connectivity index (χ0) is 21.1. The number of ether oxygens (including phenoxy) is 2. The molecular weight excluding hydrogens is 402 g/mol. The molecule has 0 spiro atoms. The summed E-state index contributed by atoms with van der Waals surface area (Å²) in [4.78, 5) is 11.4. The molecule has 2 heterocycles. The summed E-state index contributed by atoms with van der Waals surface area (Å²) < 4.78 is 10.7. The molecule has 156 valence electrons. The third-order valence-electron chi connectivity index (χ3n) is 5.11. The molecule has 1 aromatic heterocycles. The van der Waals surface area contributed by atoms with Crippen LogP contribution in [0.4, 0.5) is 23.1 Å². The average Bonchev–Trinajstić information content (AvgIpc) is 2.78. The fourth-order valence-corrected chi connectivity index (χ4v) is 3.58. The maximum Gasteiger partial charge on any atom is 0.229 e. The minimum atomic E-state index is 0.418. The number of hydrogen-bond donors (Lipinski definition) is 2. The number of hydrogen-bond acceptors (Lipinski definition) is 7. The molecule has 0 aliphatic carbocycles. The molecule has 0 amide bonds. The van der Waals surface area contributed by atoms with E-state index in [4.69, 9.17) is 26.8 Å². The Labute approximate surface area is 180 Å². The molecule has 1 aliphatic rings. The second-order valence-corrected chi connectivity index (χ2v) is 7.43. The van der Waals surface area contributed by atoms with Gasteiger partial charge < -0.3 is 25.4 Å². The van der Waals surface area contributed by atoms with E-state index < -0.39 is 0 Å². The summed E-state index contributed by atoms with van der Waals surface area (Å²) in [6, 6.07) is 13.7. The summed E-state index contributed by atoms with van der Waals surface area (Å²) in [6.07, 6.45) is 0. The minimum Gasteiger partial charge on any atom is -0.495 e. The van der Waals surface area contributed by atoms with Crippen molar-refractivity contribution in [1.29, 1.82) is 0 Å². The standard InChI is InChI=1S/C22H24ClN5O2/c1-14-20(15-3-8-18(23)19(13-15)29-2)26-22(27-21(14)24)25-16-4-6-17(7-5-16)28-9-11-30-12-10-28/h3-8,13H,9-12H2,1-2H3,(H3,24,25,26,27). The number of benzene rings is 2. The fraction of sp³-hybridized carbons (Fsp3) is 0.273. The molecular formula is C22H24ClN5O2. The summed E-state index contributed by atoms with van der Waals surface area (Å²) in [6.45, 7) is 5.22. The maximum atomic E-state index is 6.17. The van der Waals surface area contributed by atoms with Crippen LogP contribution in [0.25, 0.3) is 11.3 Å². The Balaban J connectivity index is 1.59. The fourth-order valence-electron chi connectivity index (χ4n) is 3.38. The van der Waals surface area contributed by atoms with E-state index in [1.807, 2.05) is 31.2 Å². The van der Waals surface area contributed by atoms with Gasteiger partial charge in [-0.15, -0.1) is 0 Å². The summed E-state index contributed by atoms with van der Waals surface area (Å²) in [5, 5.41) is 3.79. The number of nitrogens with zero attached hydrogens (tertiary/aromatic N) is 3. The molecule has 0 bridgehead atoms. The molecule has 8 heteroatoms. The number of halogens is 1. The zero-order valence-electron chi connectivity index (χ0n) is 17.0. The van der Waals surface area contributed by atoms with Crippen LogP contribution in [0.3, 0.4) is 0 Å². The molecule has 2 aromatic carbocycles. The number of nitrogens with one attached hydrogen (secondary N) is 1. The number of nitrogens with two attached hydrogens (primary N) is 1. The highest BCUT2D eigenvalue weighted by atomic mass is 35.5. The van der Waals surface area contributed by atoms with E-state index >= 15 is 0 Å². The number of rotatable bonds is 5. The summed E-state index contributed by atoms with van der Waals surface area (Å²) in [5.74, 6) is 1.43. The van der Waals surface area contributed by atoms with Gasteiger partial charge in [-0.3, -0.25) is 0 Å². The largest absolute Gasteiger partial charge is 0.495 e. The first-order valence-electron chi connectivity index (χ1n) is 9.73. The first-order chi connectivity index (χ1) is 14.5. The van der Waals surface area contributed by atoms with Crippen LogP contribution in [-0.2, 0) is 4.74 Å². The maximum absolute atomic E-state index is 6.17. The van der Waals surface area contributed by atoms with Crippen LogP contribution in [0.1, 0.15) is 5.56 Å². The third kappa shape index (κ3) is 4.27. The van der Waals surface area contributed by atoms with Crippen molar-refractivity contribution in [2.24, 2.45) is 0 Å². The quantitative estimate of drug-likeness (QED) is 0.631. The van der Waals surface area contributed by atoms with E-state index in [2.05, 4.69) is 32.3 Å². The van der Waals surface area contributed by atoms with Crippen molar-refractivity contribution in [3.05, 3.63) is 53.1 Å². The van der Waals surface area contributed by atoms with Gasteiger partial charge in [-0.05, 0) is 43.3 Å². The number of anilines is 4. The zero-order valence-corrected chi connectivity index (χ0v) is 17.7. The Kier molecular flexibility index (Phi) is 5.92. The number of nitrogen functional groups attached to an aromatic ring is 1. The van der Waals surface area contributed by atoms with Crippen molar-refractivity contribution in [3.63, 3.8) is 0 Å². The first-order valence-corrected chi connectivity index (χ1v) is 10.1. The van der Waals surface area contributed by atoms with E-state index in [1.165, 1.54) is 5.69 Å². The second kappa shape index (κ2) is 8.77. The first kappa shape index (κ1) is 20.3. The minimum absolute atomic E-state index is 0.418. The Hall–Kier alpha value is -3.03. The monoisotopic (exact) mass is 425 g/mol. The van der Waals surface area contributed by atoms with Crippen molar-refractivity contribution in [3.8, 4) is 17.0 Å². The van der Waals surface area contributed by atoms with Gasteiger partial charge >= 0.3 is 0 Å².